The summed E-state index contributed by atoms with van der Waals surface area (Å²) in [5.74, 6) is 1.88. The lowest BCUT2D eigenvalue weighted by Crippen LogP contribution is -2.07. The molecule has 2 heteroatoms. The lowest BCUT2D eigenvalue weighted by molar-refractivity contribution is 0.789. The first-order valence-electron chi connectivity index (χ1n) is 7.11. The largest absolute Gasteiger partial charge is 0.473 e. The molecule has 0 aliphatic heterocycles. The molecular weight excluding hydrogens is 296 g/mol. The zero-order valence-electron chi connectivity index (χ0n) is 12.7. The van der Waals surface area contributed by atoms with Crippen molar-refractivity contribution in [3.8, 4) is 0 Å². The molecule has 0 saturated carbocycles. The molecule has 0 aliphatic rings. The van der Waals surface area contributed by atoms with Crippen LogP contribution in [0.5, 0.6) is 0 Å². The average Bonchev–Trinajstić information content (AvgIpc) is 2.28. The van der Waals surface area contributed by atoms with Crippen molar-refractivity contribution in [3.63, 3.8) is 0 Å². The third-order valence-corrected chi connectivity index (χ3v) is 5.47. The third-order valence-electron chi connectivity index (χ3n) is 3.60. The molecule has 18 heavy (non-hydrogen) atoms. The van der Waals surface area contributed by atoms with Crippen LogP contribution in [0.4, 0.5) is 0 Å². The molecule has 1 rings (SSSR count). The van der Waals surface area contributed by atoms with Crippen LogP contribution in [0.15, 0.2) is 12.1 Å². The number of rotatable bonds is 5. The van der Waals surface area contributed by atoms with E-state index in [1.807, 2.05) is 0 Å². The fourth-order valence-electron chi connectivity index (χ4n) is 2.49. The number of hydrogen-bond acceptors (Lipinski definition) is 0. The second-order valence-corrected chi connectivity index (χ2v) is 9.34. The first-order valence-corrected chi connectivity index (χ1v) is 12.0. The standard InChI is InChI=1S/C16H25.BrH.Mg/c1-10(2)14-8-15(11(3)4)13(7)16(9-14)12(5)6;;/h8-12H,7H2,1-6H3;1H;/q;;+1/p-1. The first-order chi connectivity index (χ1) is 8.38. The van der Waals surface area contributed by atoms with E-state index in [-0.39, 0.29) is 18.2 Å². The molecule has 0 heterocycles. The Morgan fingerprint density at radius 2 is 1.33 bits per heavy atom. The van der Waals surface area contributed by atoms with Gasteiger partial charge in [0.25, 0.3) is 0 Å². The van der Waals surface area contributed by atoms with Crippen LogP contribution in [0.2, 0.25) is 0 Å². The summed E-state index contributed by atoms with van der Waals surface area (Å²) in [6.07, 6.45) is 0. The number of halogens is 1. The minimum Gasteiger partial charge on any atom is -0.306 e. The van der Waals surface area contributed by atoms with Gasteiger partial charge in [0.2, 0.25) is 0 Å². The molecule has 0 atom stereocenters. The normalized spacial score (nSPS) is 11.4. The van der Waals surface area contributed by atoms with Gasteiger partial charge in [-0.05, 0) is 34.4 Å². The van der Waals surface area contributed by atoms with E-state index in [1.165, 1.54) is 10.1 Å². The quantitative estimate of drug-likeness (QED) is 0.622. The minimum absolute atomic E-state index is 0.110. The van der Waals surface area contributed by atoms with Crippen LogP contribution in [0.25, 0.3) is 0 Å². The summed E-state index contributed by atoms with van der Waals surface area (Å²) in [5, 5.41) is 0. The Hall–Kier alpha value is 0.466. The van der Waals surface area contributed by atoms with Crippen molar-refractivity contribution in [1.29, 1.82) is 0 Å². The molecule has 1 aromatic rings. The highest BCUT2D eigenvalue weighted by atomic mass is 79.9. The van der Waals surface area contributed by atoms with Gasteiger partial charge in [0.05, 0.1) is 0 Å². The Morgan fingerprint density at radius 3 is 1.61 bits per heavy atom. The van der Waals surface area contributed by atoms with Gasteiger partial charge in [0.1, 0.15) is 0 Å². The molecule has 0 fully saturated rings. The van der Waals surface area contributed by atoms with Crippen LogP contribution in [0, 0.1) is 0 Å². The maximum atomic E-state index is 3.74. The summed E-state index contributed by atoms with van der Waals surface area (Å²) in [7, 11) is 0. The van der Waals surface area contributed by atoms with E-state index in [2.05, 4.69) is 66.6 Å². The van der Waals surface area contributed by atoms with Crippen molar-refractivity contribution >= 4 is 31.1 Å². The van der Waals surface area contributed by atoms with E-state index in [1.54, 1.807) is 16.7 Å². The summed E-state index contributed by atoms with van der Waals surface area (Å²) in [4.78, 5) is 0. The second kappa shape index (κ2) is 7.30. The Labute approximate surface area is 129 Å². The van der Waals surface area contributed by atoms with Crippen molar-refractivity contribution in [2.75, 3.05) is 0 Å². The molecule has 0 radical (unpaired) electrons. The molecule has 0 aliphatic carbocycles. The van der Waals surface area contributed by atoms with E-state index >= 15 is 0 Å². The van der Waals surface area contributed by atoms with Crippen LogP contribution in [-0.2, 0) is 4.55 Å². The van der Waals surface area contributed by atoms with Crippen LogP contribution in [0.3, 0.4) is 0 Å². The van der Waals surface area contributed by atoms with E-state index in [0.717, 1.165) is 0 Å². The molecule has 0 saturated heterocycles. The van der Waals surface area contributed by atoms with E-state index in [9.17, 15) is 0 Å². The van der Waals surface area contributed by atoms with Crippen molar-refractivity contribution in [3.05, 3.63) is 34.4 Å². The third kappa shape index (κ3) is 3.98. The van der Waals surface area contributed by atoms with Crippen molar-refractivity contribution in [2.24, 2.45) is 0 Å². The van der Waals surface area contributed by atoms with Gasteiger partial charge < -0.3 is 12.9 Å². The zero-order chi connectivity index (χ0) is 13.9. The Bertz CT molecular complexity index is 365. The molecule has 0 amide bonds. The highest BCUT2D eigenvalue weighted by Gasteiger charge is 2.16. The smallest absolute Gasteiger partial charge is 0.306 e. The van der Waals surface area contributed by atoms with E-state index < -0.39 is 0 Å². The Morgan fingerprint density at radius 1 is 0.889 bits per heavy atom. The van der Waals surface area contributed by atoms with Gasteiger partial charge in [-0.25, -0.2) is 0 Å². The number of hydrogen-bond donors (Lipinski definition) is 0. The lowest BCUT2D eigenvalue weighted by Gasteiger charge is -2.22. The SMILES string of the molecule is CC(C)c1cc(C(C)C)c([CH2][Mg][Br])c(C(C)C)c1. The molecule has 98 valence electrons. The van der Waals surface area contributed by atoms with Gasteiger partial charge >= 0.3 is 18.2 Å². The van der Waals surface area contributed by atoms with Crippen LogP contribution in [-0.4, -0.2) is 18.2 Å². The fourth-order valence-corrected chi connectivity index (χ4v) is 4.44. The molecule has 1 aromatic carbocycles. The minimum atomic E-state index is -0.110. The molecule has 0 nitrogen and oxygen atoms in total. The molecule has 0 N–H and O–H groups in total. The second-order valence-electron chi connectivity index (χ2n) is 6.08. The van der Waals surface area contributed by atoms with Crippen molar-refractivity contribution < 1.29 is 0 Å². The summed E-state index contributed by atoms with van der Waals surface area (Å²) in [6.45, 7) is 13.9. The zero-order valence-corrected chi connectivity index (χ0v) is 15.7. The Kier molecular flexibility index (Phi) is 6.70. The summed E-state index contributed by atoms with van der Waals surface area (Å²) >= 11 is 3.63. The average molecular weight is 322 g/mol. The monoisotopic (exact) mass is 320 g/mol. The van der Waals surface area contributed by atoms with E-state index in [4.69, 9.17) is 0 Å². The predicted octanol–water partition coefficient (Wildman–Crippen LogP) is 5.57. The maximum Gasteiger partial charge on any atom is 0.473 e. The molecular formula is C16H25BrMg. The Balaban J connectivity index is 3.44. The summed E-state index contributed by atoms with van der Waals surface area (Å²) < 4.78 is 1.28. The van der Waals surface area contributed by atoms with Gasteiger partial charge in [-0.1, -0.05) is 59.2 Å². The van der Waals surface area contributed by atoms with Crippen LogP contribution >= 0.6 is 12.9 Å². The van der Waals surface area contributed by atoms with Crippen molar-refractivity contribution in [1.82, 2.24) is 0 Å². The predicted molar refractivity (Wildman–Crippen MR) is 87.1 cm³/mol. The first kappa shape index (κ1) is 16.5. The van der Waals surface area contributed by atoms with Crippen molar-refractivity contribution in [2.45, 2.75) is 63.8 Å². The van der Waals surface area contributed by atoms with Gasteiger partial charge in [-0.15, -0.1) is 4.55 Å². The van der Waals surface area contributed by atoms with Crippen LogP contribution in [0.1, 0.15) is 81.5 Å². The van der Waals surface area contributed by atoms with Crippen LogP contribution < -0.4 is 0 Å². The summed E-state index contributed by atoms with van der Waals surface area (Å²) in [5.41, 5.74) is 6.30. The topological polar surface area (TPSA) is 0 Å². The van der Waals surface area contributed by atoms with E-state index in [0.29, 0.717) is 17.8 Å². The van der Waals surface area contributed by atoms with Gasteiger partial charge in [0.15, 0.2) is 0 Å². The molecule has 0 aromatic heterocycles. The molecule has 0 spiro atoms. The van der Waals surface area contributed by atoms with Gasteiger partial charge in [0, 0.05) is 0 Å². The van der Waals surface area contributed by atoms with Gasteiger partial charge in [-0.2, -0.15) is 0 Å². The molecule has 0 bridgehead atoms. The maximum absolute atomic E-state index is 3.74. The molecule has 0 unspecified atom stereocenters. The number of benzene rings is 1. The lowest BCUT2D eigenvalue weighted by atomic mass is 9.85. The summed E-state index contributed by atoms with van der Waals surface area (Å²) in [6, 6.07) is 4.90. The fraction of sp³-hybridized carbons (Fsp3) is 0.625. The highest BCUT2D eigenvalue weighted by Crippen LogP contribution is 2.32. The van der Waals surface area contributed by atoms with Gasteiger partial charge in [-0.3, -0.25) is 0 Å². The highest BCUT2D eigenvalue weighted by molar-refractivity contribution is 9.23.